The van der Waals surface area contributed by atoms with Gasteiger partial charge in [0.1, 0.15) is 0 Å². The minimum atomic E-state index is 0.967. The van der Waals surface area contributed by atoms with Crippen LogP contribution in [0.4, 0.5) is 0 Å². The number of rotatable bonds is 8. The molecule has 0 aromatic heterocycles. The summed E-state index contributed by atoms with van der Waals surface area (Å²) < 4.78 is 0. The topological polar surface area (TPSA) is 0 Å². The molecule has 0 rings (SSSR count). The fourth-order valence-electron chi connectivity index (χ4n) is 1.93. The van der Waals surface area contributed by atoms with Gasteiger partial charge in [0.05, 0.1) is 0 Å². The quantitative estimate of drug-likeness (QED) is 0.507. The molecule has 0 nitrogen and oxygen atoms in total. The van der Waals surface area contributed by atoms with E-state index in [1.165, 1.54) is 38.3 Å². The van der Waals surface area contributed by atoms with Gasteiger partial charge >= 0.3 is 0 Å². The molecule has 0 aromatic carbocycles. The smallest absolute Gasteiger partial charge is 0.0330 e. The van der Waals surface area contributed by atoms with Crippen molar-refractivity contribution in [3.63, 3.8) is 0 Å². The van der Waals surface area contributed by atoms with E-state index in [-0.39, 0.29) is 0 Å². The first-order valence-corrected chi connectivity index (χ1v) is 7.59. The molecule has 0 bridgehead atoms. The average molecular weight is 202 g/mol. The molecule has 0 aliphatic heterocycles. The van der Waals surface area contributed by atoms with Crippen LogP contribution in [0.25, 0.3) is 0 Å². The molecule has 80 valence electrons. The lowest BCUT2D eigenvalue weighted by Crippen LogP contribution is -2.03. The van der Waals surface area contributed by atoms with Gasteiger partial charge < -0.3 is 0 Å². The van der Waals surface area contributed by atoms with Gasteiger partial charge in [-0.05, 0) is 24.7 Å². The molecule has 0 fully saturated rings. The molecule has 1 heteroatoms. The SMILES string of the molecule is CCCC(CC)CCC(C)CPC. The van der Waals surface area contributed by atoms with Gasteiger partial charge in [-0.3, -0.25) is 0 Å². The Morgan fingerprint density at radius 3 is 2.23 bits per heavy atom. The Hall–Kier alpha value is 0.430. The van der Waals surface area contributed by atoms with E-state index in [4.69, 9.17) is 0 Å². The van der Waals surface area contributed by atoms with Crippen molar-refractivity contribution in [2.75, 3.05) is 12.8 Å². The van der Waals surface area contributed by atoms with Crippen molar-refractivity contribution in [1.82, 2.24) is 0 Å². The zero-order valence-electron chi connectivity index (χ0n) is 9.90. The lowest BCUT2D eigenvalue weighted by Gasteiger charge is -2.16. The highest BCUT2D eigenvalue weighted by molar-refractivity contribution is 7.36. The maximum Gasteiger partial charge on any atom is -0.0330 e. The van der Waals surface area contributed by atoms with Crippen LogP contribution in [0.2, 0.25) is 0 Å². The van der Waals surface area contributed by atoms with Crippen LogP contribution in [-0.4, -0.2) is 12.8 Å². The Morgan fingerprint density at radius 2 is 1.77 bits per heavy atom. The highest BCUT2D eigenvalue weighted by Crippen LogP contribution is 2.22. The summed E-state index contributed by atoms with van der Waals surface area (Å²) in [4.78, 5) is 0. The van der Waals surface area contributed by atoms with Crippen LogP contribution in [0, 0.1) is 11.8 Å². The van der Waals surface area contributed by atoms with Gasteiger partial charge in [0.25, 0.3) is 0 Å². The third kappa shape index (κ3) is 7.50. The molecular formula is C12H27P. The van der Waals surface area contributed by atoms with Crippen LogP contribution in [0.1, 0.15) is 52.9 Å². The van der Waals surface area contributed by atoms with Crippen LogP contribution >= 0.6 is 8.58 Å². The Bertz CT molecular complexity index is 101. The Kier molecular flexibility index (Phi) is 9.30. The second-order valence-corrected chi connectivity index (χ2v) is 5.42. The molecule has 0 saturated carbocycles. The molecule has 0 aromatic rings. The highest BCUT2D eigenvalue weighted by Gasteiger charge is 2.07. The minimum absolute atomic E-state index is 0.967. The van der Waals surface area contributed by atoms with Gasteiger partial charge in [-0.15, -0.1) is 8.58 Å². The molecule has 0 N–H and O–H groups in total. The molecule has 0 aliphatic rings. The van der Waals surface area contributed by atoms with Gasteiger partial charge in [-0.25, -0.2) is 0 Å². The van der Waals surface area contributed by atoms with Crippen molar-refractivity contribution >= 4 is 8.58 Å². The van der Waals surface area contributed by atoms with Crippen LogP contribution in [0.5, 0.6) is 0 Å². The summed E-state index contributed by atoms with van der Waals surface area (Å²) in [6.07, 6.45) is 8.56. The third-order valence-electron chi connectivity index (χ3n) is 2.89. The van der Waals surface area contributed by atoms with Gasteiger partial charge in [-0.2, -0.15) is 0 Å². The number of hydrogen-bond donors (Lipinski definition) is 0. The predicted octanol–water partition coefficient (Wildman–Crippen LogP) is 4.54. The van der Waals surface area contributed by atoms with E-state index in [1.807, 2.05) is 0 Å². The Balaban J connectivity index is 3.46. The van der Waals surface area contributed by atoms with E-state index in [0.29, 0.717) is 0 Å². The number of hydrogen-bond acceptors (Lipinski definition) is 0. The van der Waals surface area contributed by atoms with Crippen molar-refractivity contribution in [2.24, 2.45) is 11.8 Å². The third-order valence-corrected chi connectivity index (χ3v) is 4.00. The van der Waals surface area contributed by atoms with Crippen LogP contribution in [0.15, 0.2) is 0 Å². The van der Waals surface area contributed by atoms with Crippen molar-refractivity contribution in [2.45, 2.75) is 52.9 Å². The molecule has 3 atom stereocenters. The summed E-state index contributed by atoms with van der Waals surface area (Å²) in [7, 11) is 1.14. The molecule has 0 amide bonds. The first-order chi connectivity index (χ1) is 6.24. The molecule has 13 heavy (non-hydrogen) atoms. The summed E-state index contributed by atoms with van der Waals surface area (Å²) in [5.74, 6) is 1.97. The fraction of sp³-hybridized carbons (Fsp3) is 1.00. The van der Waals surface area contributed by atoms with Crippen molar-refractivity contribution < 1.29 is 0 Å². The molecular weight excluding hydrogens is 175 g/mol. The molecule has 0 spiro atoms. The monoisotopic (exact) mass is 202 g/mol. The summed E-state index contributed by atoms with van der Waals surface area (Å²) in [5, 5.41) is 0. The molecule has 3 unspecified atom stereocenters. The van der Waals surface area contributed by atoms with E-state index >= 15 is 0 Å². The predicted molar refractivity (Wildman–Crippen MR) is 66.2 cm³/mol. The van der Waals surface area contributed by atoms with E-state index in [9.17, 15) is 0 Å². The largest absolute Gasteiger partial charge is 0.125 e. The average Bonchev–Trinajstić information content (AvgIpc) is 2.12. The van der Waals surface area contributed by atoms with Crippen molar-refractivity contribution in [3.05, 3.63) is 0 Å². The lowest BCUT2D eigenvalue weighted by molar-refractivity contribution is 0.389. The van der Waals surface area contributed by atoms with Gasteiger partial charge in [-0.1, -0.05) is 52.9 Å². The van der Waals surface area contributed by atoms with Crippen molar-refractivity contribution in [1.29, 1.82) is 0 Å². The first-order valence-electron chi connectivity index (χ1n) is 5.89. The lowest BCUT2D eigenvalue weighted by atomic mass is 9.92. The molecule has 0 radical (unpaired) electrons. The maximum absolute atomic E-state index is 2.41. The zero-order valence-corrected chi connectivity index (χ0v) is 10.9. The molecule has 0 aliphatic carbocycles. The minimum Gasteiger partial charge on any atom is -0.125 e. The summed E-state index contributed by atoms with van der Waals surface area (Å²) in [6, 6.07) is 0. The zero-order chi connectivity index (χ0) is 10.1. The van der Waals surface area contributed by atoms with E-state index in [1.54, 1.807) is 0 Å². The van der Waals surface area contributed by atoms with Crippen LogP contribution in [0.3, 0.4) is 0 Å². The second kappa shape index (κ2) is 9.00. The molecule has 0 heterocycles. The Morgan fingerprint density at radius 1 is 1.08 bits per heavy atom. The van der Waals surface area contributed by atoms with Gasteiger partial charge in [0.2, 0.25) is 0 Å². The highest BCUT2D eigenvalue weighted by atomic mass is 31.1. The first kappa shape index (κ1) is 13.4. The van der Waals surface area contributed by atoms with E-state index in [0.717, 1.165) is 20.4 Å². The van der Waals surface area contributed by atoms with Gasteiger partial charge in [0, 0.05) is 0 Å². The van der Waals surface area contributed by atoms with Gasteiger partial charge in [0.15, 0.2) is 0 Å². The van der Waals surface area contributed by atoms with E-state index < -0.39 is 0 Å². The van der Waals surface area contributed by atoms with Crippen LogP contribution < -0.4 is 0 Å². The van der Waals surface area contributed by atoms with Crippen molar-refractivity contribution in [3.8, 4) is 0 Å². The Labute approximate surface area is 86.7 Å². The standard InChI is InChI=1S/C12H27P/c1-5-7-12(6-2)9-8-11(3)10-13-4/h11-13H,5-10H2,1-4H3. The summed E-state index contributed by atoms with van der Waals surface area (Å²) in [5.41, 5.74) is 0. The molecule has 0 saturated heterocycles. The summed E-state index contributed by atoms with van der Waals surface area (Å²) >= 11 is 0. The maximum atomic E-state index is 2.41. The summed E-state index contributed by atoms with van der Waals surface area (Å²) in [6.45, 7) is 9.38. The second-order valence-electron chi connectivity index (χ2n) is 4.30. The normalized spacial score (nSPS) is 16.6. The van der Waals surface area contributed by atoms with E-state index in [2.05, 4.69) is 27.4 Å². The van der Waals surface area contributed by atoms with Crippen LogP contribution in [-0.2, 0) is 0 Å². The fourth-order valence-corrected chi connectivity index (χ4v) is 2.83.